The maximum atomic E-state index is 13.4. The van der Waals surface area contributed by atoms with E-state index in [-0.39, 0.29) is 24.3 Å². The van der Waals surface area contributed by atoms with E-state index in [2.05, 4.69) is 4.98 Å². The van der Waals surface area contributed by atoms with Crippen LogP contribution >= 0.6 is 11.6 Å². The van der Waals surface area contributed by atoms with Gasteiger partial charge in [0.1, 0.15) is 5.82 Å². The van der Waals surface area contributed by atoms with Gasteiger partial charge in [-0.25, -0.2) is 18.7 Å². The van der Waals surface area contributed by atoms with Crippen LogP contribution < -0.4 is 11.2 Å². The van der Waals surface area contributed by atoms with Crippen molar-refractivity contribution in [2.75, 3.05) is 13.7 Å². The number of methoxy groups -OCH3 is 1. The van der Waals surface area contributed by atoms with Gasteiger partial charge in [0.15, 0.2) is 11.2 Å². The highest BCUT2D eigenvalue weighted by Gasteiger charge is 2.19. The first-order valence-corrected chi connectivity index (χ1v) is 9.58. The van der Waals surface area contributed by atoms with Crippen LogP contribution in [0.25, 0.3) is 16.9 Å². The molecule has 0 N–H and O–H groups in total. The lowest BCUT2D eigenvalue weighted by Crippen LogP contribution is -2.41. The summed E-state index contributed by atoms with van der Waals surface area (Å²) < 4.78 is 22.5. The zero-order valence-corrected chi connectivity index (χ0v) is 16.8. The predicted octanol–water partition coefficient (Wildman–Crippen LogP) is 2.84. The second-order valence-corrected chi connectivity index (χ2v) is 7.09. The van der Waals surface area contributed by atoms with Gasteiger partial charge in [0.05, 0.1) is 31.7 Å². The summed E-state index contributed by atoms with van der Waals surface area (Å²) in [5.41, 5.74) is 0.600. The third-order valence-electron chi connectivity index (χ3n) is 4.80. The molecule has 2 heterocycles. The zero-order chi connectivity index (χ0) is 21.3. The zero-order valence-electron chi connectivity index (χ0n) is 16.1. The Morgan fingerprint density at radius 1 is 1.10 bits per heavy atom. The quantitative estimate of drug-likeness (QED) is 0.473. The van der Waals surface area contributed by atoms with Gasteiger partial charge in [-0.1, -0.05) is 29.8 Å². The molecule has 4 aromatic rings. The second kappa shape index (κ2) is 8.25. The molecule has 0 aliphatic carbocycles. The maximum absolute atomic E-state index is 13.4. The lowest BCUT2D eigenvalue weighted by molar-refractivity contribution is 0.184. The molecular formula is C21H18ClFN4O3. The molecule has 9 heteroatoms. The summed E-state index contributed by atoms with van der Waals surface area (Å²) in [5.74, 6) is -0.431. The number of hydrogen-bond donors (Lipinski definition) is 0. The monoisotopic (exact) mass is 428 g/mol. The molecule has 4 rings (SSSR count). The fourth-order valence-electron chi connectivity index (χ4n) is 3.31. The Balaban J connectivity index is 1.98. The molecule has 0 spiro atoms. The Kier molecular flexibility index (Phi) is 5.52. The van der Waals surface area contributed by atoms with E-state index in [0.29, 0.717) is 17.3 Å². The predicted molar refractivity (Wildman–Crippen MR) is 112 cm³/mol. The normalized spacial score (nSPS) is 11.3. The van der Waals surface area contributed by atoms with Gasteiger partial charge in [-0.3, -0.25) is 9.36 Å². The number of hydrogen-bond acceptors (Lipinski definition) is 4. The Labute approximate surface area is 175 Å². The van der Waals surface area contributed by atoms with Gasteiger partial charge in [0, 0.05) is 12.1 Å². The number of rotatable bonds is 6. The molecule has 2 aromatic carbocycles. The molecule has 7 nitrogen and oxygen atoms in total. The average Bonchev–Trinajstić information content (AvgIpc) is 3.14. The van der Waals surface area contributed by atoms with Crippen molar-refractivity contribution < 1.29 is 9.13 Å². The van der Waals surface area contributed by atoms with Gasteiger partial charge in [0.25, 0.3) is 5.56 Å². The summed E-state index contributed by atoms with van der Waals surface area (Å²) in [7, 11) is 1.49. The Hall–Kier alpha value is -3.23. The standard InChI is InChI=1S/C21H18ClFN4O3/c1-30-11-10-26-20(28)18-19(27(21(26)29)16-8-6-15(23)7-9-16)24-13-25(18)12-14-4-2-3-5-17(14)22/h2-9,13H,10-12H2,1H3. The van der Waals surface area contributed by atoms with E-state index in [9.17, 15) is 14.0 Å². The number of imidazole rings is 1. The number of aromatic nitrogens is 4. The highest BCUT2D eigenvalue weighted by Crippen LogP contribution is 2.19. The number of fused-ring (bicyclic) bond motifs is 1. The molecule has 0 saturated carbocycles. The van der Waals surface area contributed by atoms with E-state index in [1.54, 1.807) is 10.6 Å². The number of ether oxygens (including phenoxy) is 1. The third kappa shape index (κ3) is 3.55. The Bertz CT molecular complexity index is 1330. The molecule has 0 aliphatic heterocycles. The van der Waals surface area contributed by atoms with Gasteiger partial charge in [-0.2, -0.15) is 0 Å². The molecule has 2 aromatic heterocycles. The van der Waals surface area contributed by atoms with Gasteiger partial charge >= 0.3 is 5.69 Å². The molecule has 0 atom stereocenters. The Morgan fingerprint density at radius 2 is 1.83 bits per heavy atom. The summed E-state index contributed by atoms with van der Waals surface area (Å²) >= 11 is 6.27. The minimum absolute atomic E-state index is 0.0720. The highest BCUT2D eigenvalue weighted by molar-refractivity contribution is 6.31. The van der Waals surface area contributed by atoms with Gasteiger partial charge in [0.2, 0.25) is 0 Å². The molecule has 154 valence electrons. The lowest BCUT2D eigenvalue weighted by Gasteiger charge is -2.13. The van der Waals surface area contributed by atoms with Crippen LogP contribution in [-0.4, -0.2) is 32.4 Å². The van der Waals surface area contributed by atoms with E-state index < -0.39 is 17.1 Å². The van der Waals surface area contributed by atoms with Crippen LogP contribution in [0.3, 0.4) is 0 Å². The first-order chi connectivity index (χ1) is 14.5. The van der Waals surface area contributed by atoms with E-state index in [1.807, 2.05) is 18.2 Å². The van der Waals surface area contributed by atoms with E-state index in [0.717, 1.165) is 10.1 Å². The molecule has 0 aliphatic rings. The molecule has 0 bridgehead atoms. The number of nitrogens with zero attached hydrogens (tertiary/aromatic N) is 4. The third-order valence-corrected chi connectivity index (χ3v) is 5.17. The van der Waals surface area contributed by atoms with Crippen LogP contribution in [0.2, 0.25) is 5.02 Å². The van der Waals surface area contributed by atoms with Crippen molar-refractivity contribution in [1.82, 2.24) is 18.7 Å². The summed E-state index contributed by atoms with van der Waals surface area (Å²) in [6.07, 6.45) is 1.50. The van der Waals surface area contributed by atoms with Crippen molar-refractivity contribution in [2.24, 2.45) is 0 Å². The molecule has 0 saturated heterocycles. The van der Waals surface area contributed by atoms with Crippen molar-refractivity contribution in [3.63, 3.8) is 0 Å². The fourth-order valence-corrected chi connectivity index (χ4v) is 3.51. The van der Waals surface area contributed by atoms with Crippen LogP contribution in [0.15, 0.2) is 64.4 Å². The van der Waals surface area contributed by atoms with Crippen molar-refractivity contribution in [3.05, 3.63) is 92.1 Å². The molecule has 0 radical (unpaired) electrons. The lowest BCUT2D eigenvalue weighted by atomic mass is 10.2. The summed E-state index contributed by atoms with van der Waals surface area (Å²) in [5, 5.41) is 0.561. The number of halogens is 2. The minimum atomic E-state index is -0.570. The smallest absolute Gasteiger partial charge is 0.337 e. The van der Waals surface area contributed by atoms with Crippen LogP contribution in [0.4, 0.5) is 4.39 Å². The minimum Gasteiger partial charge on any atom is -0.383 e. The van der Waals surface area contributed by atoms with Crippen LogP contribution in [0, 0.1) is 5.82 Å². The van der Waals surface area contributed by atoms with E-state index in [1.165, 1.54) is 42.3 Å². The first-order valence-electron chi connectivity index (χ1n) is 9.20. The molecular weight excluding hydrogens is 411 g/mol. The van der Waals surface area contributed by atoms with Crippen molar-refractivity contribution in [3.8, 4) is 5.69 Å². The summed E-state index contributed by atoms with van der Waals surface area (Å²) in [4.78, 5) is 30.6. The number of benzene rings is 2. The summed E-state index contributed by atoms with van der Waals surface area (Å²) in [6.45, 7) is 0.558. The van der Waals surface area contributed by atoms with E-state index >= 15 is 0 Å². The van der Waals surface area contributed by atoms with Crippen LogP contribution in [0.5, 0.6) is 0 Å². The van der Waals surface area contributed by atoms with Crippen molar-refractivity contribution in [1.29, 1.82) is 0 Å². The topological polar surface area (TPSA) is 71.1 Å². The molecule has 0 fully saturated rings. The second-order valence-electron chi connectivity index (χ2n) is 6.68. The van der Waals surface area contributed by atoms with Gasteiger partial charge in [-0.05, 0) is 35.9 Å². The highest BCUT2D eigenvalue weighted by atomic mass is 35.5. The molecule has 0 amide bonds. The van der Waals surface area contributed by atoms with Crippen molar-refractivity contribution in [2.45, 2.75) is 13.1 Å². The largest absolute Gasteiger partial charge is 0.383 e. The summed E-state index contributed by atoms with van der Waals surface area (Å²) in [6, 6.07) is 12.7. The SMILES string of the molecule is COCCn1c(=O)c2c(ncn2Cc2ccccc2Cl)n(-c2ccc(F)cc2)c1=O. The first kappa shape index (κ1) is 20.1. The van der Waals surface area contributed by atoms with Gasteiger partial charge < -0.3 is 9.30 Å². The van der Waals surface area contributed by atoms with Crippen LogP contribution in [0.1, 0.15) is 5.56 Å². The molecule has 0 unspecified atom stereocenters. The molecule has 30 heavy (non-hydrogen) atoms. The average molecular weight is 429 g/mol. The van der Waals surface area contributed by atoms with Gasteiger partial charge in [-0.15, -0.1) is 0 Å². The maximum Gasteiger partial charge on any atom is 0.337 e. The Morgan fingerprint density at radius 3 is 2.53 bits per heavy atom. The van der Waals surface area contributed by atoms with Crippen molar-refractivity contribution >= 4 is 22.8 Å². The van der Waals surface area contributed by atoms with Crippen LogP contribution in [-0.2, 0) is 17.8 Å². The van der Waals surface area contributed by atoms with E-state index in [4.69, 9.17) is 16.3 Å². The fraction of sp³-hybridized carbons (Fsp3) is 0.190.